The zero-order valence-corrected chi connectivity index (χ0v) is 16.3. The number of likely N-dealkylation sites (tertiary alicyclic amines) is 2. The summed E-state index contributed by atoms with van der Waals surface area (Å²) in [5, 5.41) is 2.87. The molecule has 0 spiro atoms. The van der Waals surface area contributed by atoms with Crippen LogP contribution in [0.25, 0.3) is 0 Å². The molecule has 1 aromatic rings. The summed E-state index contributed by atoms with van der Waals surface area (Å²) in [6, 6.07) is 7.86. The Morgan fingerprint density at radius 1 is 1.00 bits per heavy atom. The number of nitrogens with zero attached hydrogens (tertiary/aromatic N) is 2. The van der Waals surface area contributed by atoms with Crippen molar-refractivity contribution >= 4 is 11.9 Å². The Hall–Kier alpha value is -2.24. The molecule has 0 aliphatic carbocycles. The maximum atomic E-state index is 12.9. The van der Waals surface area contributed by atoms with E-state index in [2.05, 4.69) is 5.32 Å². The highest BCUT2D eigenvalue weighted by Crippen LogP contribution is 2.31. The highest BCUT2D eigenvalue weighted by Gasteiger charge is 2.27. The number of piperidine rings is 1. The van der Waals surface area contributed by atoms with Crippen LogP contribution in [0.4, 0.5) is 4.79 Å². The predicted molar refractivity (Wildman–Crippen MR) is 105 cm³/mol. The number of urea groups is 1. The molecule has 1 aromatic carbocycles. The van der Waals surface area contributed by atoms with Crippen LogP contribution in [0.15, 0.2) is 24.3 Å². The largest absolute Gasteiger partial charge is 0.497 e. The lowest BCUT2D eigenvalue weighted by Gasteiger charge is -2.31. The van der Waals surface area contributed by atoms with Crippen LogP contribution in [0.2, 0.25) is 0 Å². The van der Waals surface area contributed by atoms with Crippen molar-refractivity contribution in [2.45, 2.75) is 51.0 Å². The molecule has 2 saturated heterocycles. The molecule has 1 N–H and O–H groups in total. The van der Waals surface area contributed by atoms with Crippen molar-refractivity contribution in [2.24, 2.45) is 0 Å². The number of nitrogens with one attached hydrogen (secondary N) is 1. The lowest BCUT2D eigenvalue weighted by Crippen LogP contribution is -2.47. The van der Waals surface area contributed by atoms with Crippen molar-refractivity contribution in [2.75, 3.05) is 33.3 Å². The number of carbonyl (C=O) groups is 2. The number of carbonyl (C=O) groups excluding carboxylic acids is 2. The number of rotatable bonds is 4. The molecule has 27 heavy (non-hydrogen) atoms. The molecule has 2 aliphatic rings. The van der Waals surface area contributed by atoms with Crippen LogP contribution < -0.4 is 10.1 Å². The molecule has 3 rings (SSSR count). The molecule has 2 fully saturated rings. The molecule has 3 amide bonds. The maximum absolute atomic E-state index is 12.9. The SMILES string of the molecule is COc1ccc(C2CCCCCN2C(=O)NCC(=O)N2CCCCC2)cc1. The number of amides is 3. The number of hydrogen-bond donors (Lipinski definition) is 1. The van der Waals surface area contributed by atoms with Crippen molar-refractivity contribution in [3.63, 3.8) is 0 Å². The Labute approximate surface area is 161 Å². The third-order valence-electron chi connectivity index (χ3n) is 5.61. The normalized spacial score (nSPS) is 20.7. The van der Waals surface area contributed by atoms with Gasteiger partial charge in [0.1, 0.15) is 5.75 Å². The van der Waals surface area contributed by atoms with Gasteiger partial charge in [-0.1, -0.05) is 25.0 Å². The van der Waals surface area contributed by atoms with E-state index in [0.29, 0.717) is 0 Å². The molecule has 1 atom stereocenters. The van der Waals surface area contributed by atoms with Crippen LogP contribution in [0.5, 0.6) is 5.75 Å². The second-order valence-corrected chi connectivity index (χ2v) is 7.43. The molecule has 148 valence electrons. The molecule has 2 heterocycles. The monoisotopic (exact) mass is 373 g/mol. The van der Waals surface area contributed by atoms with Gasteiger partial charge < -0.3 is 19.9 Å². The fourth-order valence-electron chi connectivity index (χ4n) is 4.03. The standard InChI is InChI=1S/C21H31N3O3/c1-27-18-11-9-17(10-12-18)19-8-4-2-7-15-24(19)21(26)22-16-20(25)23-13-5-3-6-14-23/h9-12,19H,2-8,13-16H2,1H3,(H,22,26). The third kappa shape index (κ3) is 5.15. The molecule has 0 saturated carbocycles. The molecule has 2 aliphatic heterocycles. The van der Waals surface area contributed by atoms with Crippen LogP contribution in [0.3, 0.4) is 0 Å². The zero-order valence-electron chi connectivity index (χ0n) is 16.3. The Kier molecular flexibility index (Phi) is 6.96. The van der Waals surface area contributed by atoms with E-state index in [1.807, 2.05) is 34.1 Å². The van der Waals surface area contributed by atoms with Crippen molar-refractivity contribution in [3.05, 3.63) is 29.8 Å². The minimum absolute atomic E-state index is 0.0267. The van der Waals surface area contributed by atoms with Crippen LogP contribution in [-0.2, 0) is 4.79 Å². The van der Waals surface area contributed by atoms with Gasteiger partial charge in [-0.15, -0.1) is 0 Å². The van der Waals surface area contributed by atoms with Crippen molar-refractivity contribution < 1.29 is 14.3 Å². The van der Waals surface area contributed by atoms with E-state index >= 15 is 0 Å². The van der Waals surface area contributed by atoms with Crippen LogP contribution >= 0.6 is 0 Å². The van der Waals surface area contributed by atoms with Gasteiger partial charge >= 0.3 is 6.03 Å². The molecular formula is C21H31N3O3. The second-order valence-electron chi connectivity index (χ2n) is 7.43. The molecule has 6 heteroatoms. The van der Waals surface area contributed by atoms with E-state index in [0.717, 1.165) is 69.5 Å². The van der Waals surface area contributed by atoms with Gasteiger partial charge in [0, 0.05) is 19.6 Å². The summed E-state index contributed by atoms with van der Waals surface area (Å²) in [5.41, 5.74) is 1.12. The van der Waals surface area contributed by atoms with E-state index in [4.69, 9.17) is 4.74 Å². The molecule has 6 nitrogen and oxygen atoms in total. The molecule has 0 aromatic heterocycles. The number of methoxy groups -OCH3 is 1. The minimum atomic E-state index is -0.136. The first-order valence-corrected chi connectivity index (χ1v) is 10.2. The number of hydrogen-bond acceptors (Lipinski definition) is 3. The van der Waals surface area contributed by atoms with Crippen LogP contribution in [0, 0.1) is 0 Å². The summed E-state index contributed by atoms with van der Waals surface area (Å²) >= 11 is 0. The predicted octanol–water partition coefficient (Wildman–Crippen LogP) is 3.33. The van der Waals surface area contributed by atoms with Gasteiger partial charge in [-0.2, -0.15) is 0 Å². The van der Waals surface area contributed by atoms with Gasteiger partial charge in [0.2, 0.25) is 5.91 Å². The topological polar surface area (TPSA) is 61.9 Å². The first kappa shape index (κ1) is 19.5. The van der Waals surface area contributed by atoms with Crippen molar-refractivity contribution in [3.8, 4) is 5.75 Å². The van der Waals surface area contributed by atoms with E-state index in [1.54, 1.807) is 7.11 Å². The Morgan fingerprint density at radius 3 is 2.37 bits per heavy atom. The summed E-state index contributed by atoms with van der Waals surface area (Å²) < 4.78 is 5.24. The first-order valence-electron chi connectivity index (χ1n) is 10.2. The fraction of sp³-hybridized carbons (Fsp3) is 0.619. The van der Waals surface area contributed by atoms with Crippen LogP contribution in [-0.4, -0.2) is 55.0 Å². The maximum Gasteiger partial charge on any atom is 0.318 e. The molecule has 0 bridgehead atoms. The zero-order chi connectivity index (χ0) is 19.1. The highest BCUT2D eigenvalue weighted by atomic mass is 16.5. The van der Waals surface area contributed by atoms with E-state index < -0.39 is 0 Å². The molecule has 0 radical (unpaired) electrons. The van der Waals surface area contributed by atoms with Gasteiger partial charge in [-0.25, -0.2) is 4.79 Å². The summed E-state index contributed by atoms with van der Waals surface area (Å²) in [4.78, 5) is 29.0. The highest BCUT2D eigenvalue weighted by molar-refractivity contribution is 5.84. The quantitative estimate of drug-likeness (QED) is 0.880. The van der Waals surface area contributed by atoms with Crippen molar-refractivity contribution in [1.82, 2.24) is 15.1 Å². The third-order valence-corrected chi connectivity index (χ3v) is 5.61. The number of benzene rings is 1. The summed E-state index contributed by atoms with van der Waals surface area (Å²) in [5.74, 6) is 0.842. The molecular weight excluding hydrogens is 342 g/mol. The summed E-state index contributed by atoms with van der Waals surface area (Å²) in [6.45, 7) is 2.44. The number of ether oxygens (including phenoxy) is 1. The van der Waals surface area contributed by atoms with E-state index in [-0.39, 0.29) is 24.5 Å². The first-order chi connectivity index (χ1) is 13.2. The average molecular weight is 373 g/mol. The van der Waals surface area contributed by atoms with Crippen molar-refractivity contribution in [1.29, 1.82) is 0 Å². The van der Waals surface area contributed by atoms with E-state index in [1.165, 1.54) is 6.42 Å². The van der Waals surface area contributed by atoms with Gasteiger partial charge in [0.15, 0.2) is 0 Å². The molecule has 1 unspecified atom stereocenters. The van der Waals surface area contributed by atoms with E-state index in [9.17, 15) is 9.59 Å². The average Bonchev–Trinajstić information content (AvgIpc) is 2.98. The Bertz CT molecular complexity index is 626. The fourth-order valence-corrected chi connectivity index (χ4v) is 4.03. The lowest BCUT2D eigenvalue weighted by atomic mass is 10.0. The van der Waals surface area contributed by atoms with Gasteiger partial charge in [-0.05, 0) is 49.8 Å². The Balaban J connectivity index is 1.63. The summed E-state index contributed by atoms with van der Waals surface area (Å²) in [7, 11) is 1.65. The van der Waals surface area contributed by atoms with Gasteiger partial charge in [0.05, 0.1) is 19.7 Å². The second kappa shape index (κ2) is 9.62. The Morgan fingerprint density at radius 2 is 1.67 bits per heavy atom. The smallest absolute Gasteiger partial charge is 0.318 e. The summed E-state index contributed by atoms with van der Waals surface area (Å²) in [6.07, 6.45) is 7.49. The minimum Gasteiger partial charge on any atom is -0.497 e. The van der Waals surface area contributed by atoms with Gasteiger partial charge in [0.25, 0.3) is 0 Å². The van der Waals surface area contributed by atoms with Gasteiger partial charge in [-0.3, -0.25) is 4.79 Å². The lowest BCUT2D eigenvalue weighted by molar-refractivity contribution is -0.130. The van der Waals surface area contributed by atoms with Crippen LogP contribution in [0.1, 0.15) is 56.6 Å².